The third-order valence-corrected chi connectivity index (χ3v) is 4.15. The van der Waals surface area contributed by atoms with Crippen molar-refractivity contribution in [3.8, 4) is 0 Å². The molecule has 0 aliphatic carbocycles. The molecule has 0 spiro atoms. The molecule has 0 bridgehead atoms. The molecule has 3 rings (SSSR count). The number of benzene rings is 1. The Labute approximate surface area is 138 Å². The van der Waals surface area contributed by atoms with Crippen molar-refractivity contribution in [3.63, 3.8) is 0 Å². The Morgan fingerprint density at radius 2 is 2.33 bits per heavy atom. The number of hydrogen-bond donors (Lipinski definition) is 3. The van der Waals surface area contributed by atoms with Gasteiger partial charge in [0.25, 0.3) is 0 Å². The standard InChI is InChI=1S/C16H20N4O4/c1-24-16(23)10-2-3-11-12(8-10)19-14(18-11)9-20-6-5-17-15(22)13(20)4-7-21/h2-3,8,13,21H,4-7,9H2,1H3,(H,17,22)(H,18,19). The van der Waals surface area contributed by atoms with Crippen molar-refractivity contribution in [2.24, 2.45) is 0 Å². The van der Waals surface area contributed by atoms with Crippen LogP contribution in [0, 0.1) is 0 Å². The minimum atomic E-state index is -0.399. The lowest BCUT2D eigenvalue weighted by atomic mass is 10.1. The van der Waals surface area contributed by atoms with Crippen LogP contribution in [0.4, 0.5) is 0 Å². The summed E-state index contributed by atoms with van der Waals surface area (Å²) in [6.07, 6.45) is 0.387. The highest BCUT2D eigenvalue weighted by Crippen LogP contribution is 2.17. The van der Waals surface area contributed by atoms with Gasteiger partial charge >= 0.3 is 5.97 Å². The maximum Gasteiger partial charge on any atom is 0.337 e. The molecule has 2 aromatic rings. The van der Waals surface area contributed by atoms with Crippen molar-refractivity contribution in [2.45, 2.75) is 19.0 Å². The minimum absolute atomic E-state index is 0.0444. The second-order valence-electron chi connectivity index (χ2n) is 5.70. The number of rotatable bonds is 5. The first-order valence-electron chi connectivity index (χ1n) is 7.82. The number of hydrogen-bond acceptors (Lipinski definition) is 6. The van der Waals surface area contributed by atoms with Gasteiger partial charge in [-0.25, -0.2) is 9.78 Å². The summed E-state index contributed by atoms with van der Waals surface area (Å²) in [6, 6.07) is 4.77. The number of H-pyrrole nitrogens is 1. The van der Waals surface area contributed by atoms with E-state index >= 15 is 0 Å². The highest BCUT2D eigenvalue weighted by Gasteiger charge is 2.29. The maximum absolute atomic E-state index is 12.0. The molecule has 1 aliphatic heterocycles. The average Bonchev–Trinajstić information content (AvgIpc) is 2.98. The Morgan fingerprint density at radius 1 is 1.50 bits per heavy atom. The SMILES string of the molecule is COC(=O)c1ccc2nc(CN3CCNC(=O)C3CCO)[nH]c2c1. The van der Waals surface area contributed by atoms with Crippen molar-refractivity contribution < 1.29 is 19.4 Å². The van der Waals surface area contributed by atoms with Gasteiger partial charge in [0.2, 0.25) is 5.91 Å². The molecule has 128 valence electrons. The molecule has 3 N–H and O–H groups in total. The average molecular weight is 332 g/mol. The highest BCUT2D eigenvalue weighted by atomic mass is 16.5. The Kier molecular flexibility index (Phi) is 4.77. The summed E-state index contributed by atoms with van der Waals surface area (Å²) in [5.41, 5.74) is 1.95. The third-order valence-electron chi connectivity index (χ3n) is 4.15. The van der Waals surface area contributed by atoms with Crippen LogP contribution >= 0.6 is 0 Å². The van der Waals surface area contributed by atoms with Gasteiger partial charge in [-0.15, -0.1) is 0 Å². The number of aromatic amines is 1. The number of carbonyl (C=O) groups excluding carboxylic acids is 2. The number of imidazole rings is 1. The number of aliphatic hydroxyl groups excluding tert-OH is 1. The fraction of sp³-hybridized carbons (Fsp3) is 0.438. The number of fused-ring (bicyclic) bond motifs is 1. The van der Waals surface area contributed by atoms with Gasteiger partial charge in [0.1, 0.15) is 5.82 Å². The number of aromatic nitrogens is 2. The molecule has 1 unspecified atom stereocenters. The molecular formula is C16H20N4O4. The Bertz CT molecular complexity index is 758. The van der Waals surface area contributed by atoms with Crippen molar-refractivity contribution in [3.05, 3.63) is 29.6 Å². The van der Waals surface area contributed by atoms with Gasteiger partial charge in [0, 0.05) is 19.7 Å². The summed E-state index contributed by atoms with van der Waals surface area (Å²) in [5, 5.41) is 12.0. The fourth-order valence-corrected chi connectivity index (χ4v) is 2.96. The lowest BCUT2D eigenvalue weighted by Crippen LogP contribution is -2.55. The number of methoxy groups -OCH3 is 1. The van der Waals surface area contributed by atoms with Gasteiger partial charge in [-0.1, -0.05) is 0 Å². The zero-order valence-electron chi connectivity index (χ0n) is 13.4. The van der Waals surface area contributed by atoms with Gasteiger partial charge in [-0.2, -0.15) is 0 Å². The van der Waals surface area contributed by atoms with E-state index in [2.05, 4.69) is 15.3 Å². The van der Waals surface area contributed by atoms with E-state index in [0.717, 1.165) is 11.0 Å². The van der Waals surface area contributed by atoms with Gasteiger partial charge < -0.3 is 20.1 Å². The molecule has 1 fully saturated rings. The molecule has 0 radical (unpaired) electrons. The second kappa shape index (κ2) is 6.98. The van der Waals surface area contributed by atoms with Crippen LogP contribution in [-0.4, -0.2) is 64.7 Å². The first-order chi connectivity index (χ1) is 11.6. The highest BCUT2D eigenvalue weighted by molar-refractivity contribution is 5.93. The molecule has 2 heterocycles. The predicted molar refractivity (Wildman–Crippen MR) is 86.3 cm³/mol. The first-order valence-corrected chi connectivity index (χ1v) is 7.82. The molecule has 8 heteroatoms. The summed E-state index contributed by atoms with van der Waals surface area (Å²) in [6.45, 7) is 1.70. The van der Waals surface area contributed by atoms with Crippen molar-refractivity contribution in [1.82, 2.24) is 20.2 Å². The van der Waals surface area contributed by atoms with Crippen LogP contribution in [0.5, 0.6) is 0 Å². The van der Waals surface area contributed by atoms with E-state index in [4.69, 9.17) is 9.84 Å². The van der Waals surface area contributed by atoms with Crippen LogP contribution < -0.4 is 5.32 Å². The van der Waals surface area contributed by atoms with Crippen LogP contribution in [-0.2, 0) is 16.1 Å². The summed E-state index contributed by atoms with van der Waals surface area (Å²) in [4.78, 5) is 33.3. The van der Waals surface area contributed by atoms with E-state index in [-0.39, 0.29) is 18.6 Å². The van der Waals surface area contributed by atoms with E-state index in [1.165, 1.54) is 7.11 Å². The predicted octanol–water partition coefficient (Wildman–Crippen LogP) is 0.0323. The Morgan fingerprint density at radius 3 is 3.08 bits per heavy atom. The smallest absolute Gasteiger partial charge is 0.337 e. The summed E-state index contributed by atoms with van der Waals surface area (Å²) >= 11 is 0. The Balaban J connectivity index is 1.81. The number of nitrogens with zero attached hydrogens (tertiary/aromatic N) is 2. The number of nitrogens with one attached hydrogen (secondary N) is 2. The molecule has 1 amide bonds. The summed E-state index contributed by atoms with van der Waals surface area (Å²) in [7, 11) is 1.34. The molecular weight excluding hydrogens is 312 g/mol. The zero-order chi connectivity index (χ0) is 17.1. The molecule has 1 saturated heterocycles. The second-order valence-corrected chi connectivity index (χ2v) is 5.70. The summed E-state index contributed by atoms with van der Waals surface area (Å²) in [5.74, 6) is 0.243. The van der Waals surface area contributed by atoms with Gasteiger partial charge in [-0.3, -0.25) is 9.69 Å². The van der Waals surface area contributed by atoms with E-state index in [0.29, 0.717) is 37.4 Å². The van der Waals surface area contributed by atoms with E-state index < -0.39 is 5.97 Å². The monoisotopic (exact) mass is 332 g/mol. The zero-order valence-corrected chi connectivity index (χ0v) is 13.4. The molecule has 0 saturated carbocycles. The fourth-order valence-electron chi connectivity index (χ4n) is 2.96. The van der Waals surface area contributed by atoms with Gasteiger partial charge in [0.15, 0.2) is 0 Å². The van der Waals surface area contributed by atoms with Gasteiger partial charge in [0.05, 0.1) is 36.3 Å². The number of amides is 1. The summed E-state index contributed by atoms with van der Waals surface area (Å²) < 4.78 is 4.72. The van der Waals surface area contributed by atoms with Crippen LogP contribution in [0.3, 0.4) is 0 Å². The third kappa shape index (κ3) is 3.24. The molecule has 24 heavy (non-hydrogen) atoms. The van der Waals surface area contributed by atoms with Crippen LogP contribution in [0.1, 0.15) is 22.6 Å². The Hall–Kier alpha value is -2.45. The largest absolute Gasteiger partial charge is 0.465 e. The number of ether oxygens (including phenoxy) is 1. The van der Waals surface area contributed by atoms with E-state index in [1.54, 1.807) is 18.2 Å². The lowest BCUT2D eigenvalue weighted by Gasteiger charge is -2.34. The molecule has 8 nitrogen and oxygen atoms in total. The number of piperazine rings is 1. The normalized spacial score (nSPS) is 18.6. The van der Waals surface area contributed by atoms with Crippen LogP contribution in [0.15, 0.2) is 18.2 Å². The first kappa shape index (κ1) is 16.4. The number of aliphatic hydroxyl groups is 1. The molecule has 1 aromatic carbocycles. The number of esters is 1. The van der Waals surface area contributed by atoms with Gasteiger partial charge in [-0.05, 0) is 24.6 Å². The van der Waals surface area contributed by atoms with Crippen molar-refractivity contribution in [2.75, 3.05) is 26.8 Å². The molecule has 1 atom stereocenters. The quantitative estimate of drug-likeness (QED) is 0.667. The van der Waals surface area contributed by atoms with Crippen LogP contribution in [0.2, 0.25) is 0 Å². The van der Waals surface area contributed by atoms with E-state index in [9.17, 15) is 9.59 Å². The maximum atomic E-state index is 12.0. The van der Waals surface area contributed by atoms with E-state index in [1.807, 2.05) is 4.90 Å². The lowest BCUT2D eigenvalue weighted by molar-refractivity contribution is -0.130. The van der Waals surface area contributed by atoms with Crippen molar-refractivity contribution in [1.29, 1.82) is 0 Å². The van der Waals surface area contributed by atoms with Crippen LogP contribution in [0.25, 0.3) is 11.0 Å². The molecule has 1 aliphatic rings. The number of carbonyl (C=O) groups is 2. The minimum Gasteiger partial charge on any atom is -0.465 e. The van der Waals surface area contributed by atoms with Crippen molar-refractivity contribution >= 4 is 22.9 Å². The molecule has 1 aromatic heterocycles. The topological polar surface area (TPSA) is 108 Å².